The van der Waals surface area contributed by atoms with Crippen molar-refractivity contribution < 1.29 is 23.5 Å². The molecule has 0 saturated heterocycles. The van der Waals surface area contributed by atoms with E-state index >= 15 is 0 Å². The number of benzene rings is 4. The maximum atomic E-state index is 14.4. The minimum Gasteiger partial charge on any atom is -0.494 e. The molecule has 4 aromatic carbocycles. The number of H-pyrrole nitrogens is 1. The Kier molecular flexibility index (Phi) is 8.69. The molecule has 0 saturated carbocycles. The summed E-state index contributed by atoms with van der Waals surface area (Å²) in [4.78, 5) is 34.4. The van der Waals surface area contributed by atoms with E-state index in [1.54, 1.807) is 30.3 Å². The second-order valence-electron chi connectivity index (χ2n) is 10.0. The average Bonchev–Trinajstić information content (AvgIpc) is 3.42. The Hall–Kier alpha value is -4.49. The zero-order valence-electron chi connectivity index (χ0n) is 23.5. The highest BCUT2D eigenvalue weighted by Crippen LogP contribution is 2.40. The lowest BCUT2D eigenvalue weighted by Gasteiger charge is -2.17. The summed E-state index contributed by atoms with van der Waals surface area (Å²) in [6, 6.07) is 23.1. The number of hydrogen-bond donors (Lipinski definition) is 1. The van der Waals surface area contributed by atoms with Crippen molar-refractivity contribution >= 4 is 34.4 Å². The highest BCUT2D eigenvalue weighted by Gasteiger charge is 2.24. The van der Waals surface area contributed by atoms with E-state index in [0.717, 1.165) is 18.4 Å². The molecule has 0 spiro atoms. The quantitative estimate of drug-likeness (QED) is 0.131. The Labute approximate surface area is 248 Å². The molecule has 5 aromatic rings. The predicted molar refractivity (Wildman–Crippen MR) is 163 cm³/mol. The van der Waals surface area contributed by atoms with Crippen molar-refractivity contribution in [3.05, 3.63) is 106 Å². The lowest BCUT2D eigenvalue weighted by molar-refractivity contribution is 0.0601. The molecular weight excluding hydrogens is 555 g/mol. The molecule has 1 heterocycles. The van der Waals surface area contributed by atoms with Crippen LogP contribution in [0.1, 0.15) is 58.4 Å². The second-order valence-corrected chi connectivity index (χ2v) is 10.4. The van der Waals surface area contributed by atoms with Crippen LogP contribution >= 0.6 is 11.6 Å². The molecule has 1 atom stereocenters. The van der Waals surface area contributed by atoms with E-state index in [-0.39, 0.29) is 23.0 Å². The number of imidazole rings is 1. The first kappa shape index (κ1) is 29.0. The molecule has 0 bridgehead atoms. The van der Waals surface area contributed by atoms with Crippen molar-refractivity contribution in [3.63, 3.8) is 0 Å². The summed E-state index contributed by atoms with van der Waals surface area (Å²) in [6.07, 6.45) is 2.12. The molecule has 8 heteroatoms. The molecule has 5 rings (SSSR count). The highest BCUT2D eigenvalue weighted by atomic mass is 35.5. The van der Waals surface area contributed by atoms with Gasteiger partial charge in [-0.05, 0) is 35.6 Å². The topological polar surface area (TPSA) is 81.3 Å². The number of ketones is 1. The lowest BCUT2D eigenvalue weighted by atomic mass is 9.87. The number of aromatic amines is 1. The van der Waals surface area contributed by atoms with E-state index in [9.17, 15) is 14.0 Å². The molecule has 0 aliphatic rings. The van der Waals surface area contributed by atoms with Crippen LogP contribution in [0.4, 0.5) is 4.39 Å². The van der Waals surface area contributed by atoms with Gasteiger partial charge in [-0.1, -0.05) is 79.5 Å². The first-order chi connectivity index (χ1) is 20.3. The Balaban J connectivity index is 1.58. The number of rotatable bonds is 10. The van der Waals surface area contributed by atoms with Crippen LogP contribution in [-0.4, -0.2) is 35.9 Å². The fourth-order valence-electron chi connectivity index (χ4n) is 5.31. The summed E-state index contributed by atoms with van der Waals surface area (Å²) in [7, 11) is 2.68. The zero-order chi connectivity index (χ0) is 29.8. The number of methoxy groups -OCH3 is 2. The molecule has 1 aromatic heterocycles. The van der Waals surface area contributed by atoms with Crippen LogP contribution < -0.4 is 4.74 Å². The van der Waals surface area contributed by atoms with Gasteiger partial charge in [0.2, 0.25) is 0 Å². The van der Waals surface area contributed by atoms with Crippen LogP contribution in [0.15, 0.2) is 78.9 Å². The van der Waals surface area contributed by atoms with E-state index in [4.69, 9.17) is 21.1 Å². The number of fused-ring (bicyclic) bond motifs is 1. The van der Waals surface area contributed by atoms with Crippen molar-refractivity contribution in [2.75, 3.05) is 14.2 Å². The largest absolute Gasteiger partial charge is 0.494 e. The van der Waals surface area contributed by atoms with Gasteiger partial charge < -0.3 is 14.5 Å². The van der Waals surface area contributed by atoms with Crippen molar-refractivity contribution in [3.8, 4) is 28.3 Å². The fraction of sp³-hybridized carbons (Fsp3) is 0.206. The Morgan fingerprint density at radius 3 is 2.48 bits per heavy atom. The SMILES string of the molecule is CCC[C@@H](CC(=O)c1ccc(-c2c(Cl)cccc2-c2nc3cc(OC)c(F)cc3[nH]2)c(C(=O)OC)c1)c1ccccc1. The molecule has 42 heavy (non-hydrogen) atoms. The van der Waals surface area contributed by atoms with Gasteiger partial charge in [0.05, 0.1) is 30.8 Å². The molecule has 0 amide bonds. The number of nitrogens with zero attached hydrogens (tertiary/aromatic N) is 1. The number of carbonyl (C=O) groups excluding carboxylic acids is 2. The highest BCUT2D eigenvalue weighted by molar-refractivity contribution is 6.34. The molecule has 0 radical (unpaired) electrons. The fourth-order valence-corrected chi connectivity index (χ4v) is 5.58. The number of carbonyl (C=O) groups is 2. The number of hydrogen-bond acceptors (Lipinski definition) is 5. The van der Waals surface area contributed by atoms with Crippen LogP contribution in [-0.2, 0) is 4.74 Å². The number of halogens is 2. The van der Waals surface area contributed by atoms with Gasteiger partial charge in [0.1, 0.15) is 5.82 Å². The number of Topliss-reactive ketones (excluding diaryl/α,β-unsaturated/α-hetero) is 1. The number of esters is 1. The van der Waals surface area contributed by atoms with Crippen molar-refractivity contribution in [2.45, 2.75) is 32.1 Å². The number of nitrogens with one attached hydrogen (secondary N) is 1. The smallest absolute Gasteiger partial charge is 0.338 e. The van der Waals surface area contributed by atoms with E-state index in [2.05, 4.69) is 16.9 Å². The van der Waals surface area contributed by atoms with E-state index in [1.807, 2.05) is 36.4 Å². The van der Waals surface area contributed by atoms with Gasteiger partial charge >= 0.3 is 5.97 Å². The van der Waals surface area contributed by atoms with Gasteiger partial charge in [-0.15, -0.1) is 0 Å². The summed E-state index contributed by atoms with van der Waals surface area (Å²) < 4.78 is 24.6. The Bertz CT molecular complexity index is 1770. The minimum atomic E-state index is -0.602. The summed E-state index contributed by atoms with van der Waals surface area (Å²) in [5.41, 5.74) is 4.31. The zero-order valence-corrected chi connectivity index (χ0v) is 24.3. The van der Waals surface area contributed by atoms with Crippen molar-refractivity contribution in [1.29, 1.82) is 0 Å². The summed E-state index contributed by atoms with van der Waals surface area (Å²) >= 11 is 6.74. The maximum absolute atomic E-state index is 14.4. The molecule has 1 N–H and O–H groups in total. The van der Waals surface area contributed by atoms with Crippen LogP contribution in [0.5, 0.6) is 5.75 Å². The number of aromatic nitrogens is 2. The van der Waals surface area contributed by atoms with Crippen LogP contribution in [0.2, 0.25) is 5.02 Å². The van der Waals surface area contributed by atoms with Crippen molar-refractivity contribution in [1.82, 2.24) is 9.97 Å². The van der Waals surface area contributed by atoms with Gasteiger partial charge in [-0.25, -0.2) is 14.2 Å². The van der Waals surface area contributed by atoms with Crippen LogP contribution in [0.25, 0.3) is 33.5 Å². The molecule has 0 aliphatic heterocycles. The Morgan fingerprint density at radius 1 is 0.976 bits per heavy atom. The first-order valence-corrected chi connectivity index (χ1v) is 14.0. The molecule has 0 unspecified atom stereocenters. The summed E-state index contributed by atoms with van der Waals surface area (Å²) in [6.45, 7) is 2.10. The van der Waals surface area contributed by atoms with Gasteiger partial charge in [0.25, 0.3) is 0 Å². The first-order valence-electron chi connectivity index (χ1n) is 13.7. The molecule has 0 fully saturated rings. The lowest BCUT2D eigenvalue weighted by Crippen LogP contribution is -2.11. The monoisotopic (exact) mass is 584 g/mol. The molecular formula is C34H30ClFN2O4. The molecule has 6 nitrogen and oxygen atoms in total. The third-order valence-corrected chi connectivity index (χ3v) is 7.70. The van der Waals surface area contributed by atoms with Gasteiger partial charge in [0.15, 0.2) is 17.3 Å². The van der Waals surface area contributed by atoms with Crippen molar-refractivity contribution in [2.24, 2.45) is 0 Å². The van der Waals surface area contributed by atoms with Crippen LogP contribution in [0.3, 0.4) is 0 Å². The maximum Gasteiger partial charge on any atom is 0.338 e. The van der Waals surface area contributed by atoms with Gasteiger partial charge in [-0.3, -0.25) is 4.79 Å². The van der Waals surface area contributed by atoms with Gasteiger partial charge in [-0.2, -0.15) is 0 Å². The standard InChI is InChI=1S/C34H30ClFN2O4/c1-4-9-21(20-10-6-5-7-11-20)17-30(39)22-14-15-23(25(16-22)34(40)42-3)32-24(12-8-13-26(32)35)33-37-28-18-27(36)31(41-2)19-29(28)38-33/h5-8,10-16,18-19,21H,4,9,17H2,1-3H3,(H,37,38)/t21-/m0/s1. The second kappa shape index (κ2) is 12.6. The van der Waals surface area contributed by atoms with Gasteiger partial charge in [0, 0.05) is 40.3 Å². The van der Waals surface area contributed by atoms with E-state index in [0.29, 0.717) is 50.6 Å². The third kappa shape index (κ3) is 5.78. The molecule has 214 valence electrons. The Morgan fingerprint density at radius 2 is 1.76 bits per heavy atom. The summed E-state index contributed by atoms with van der Waals surface area (Å²) in [5, 5.41) is 0.369. The minimum absolute atomic E-state index is 0.0664. The molecule has 0 aliphatic carbocycles. The third-order valence-electron chi connectivity index (χ3n) is 7.38. The van der Waals surface area contributed by atoms with E-state index in [1.165, 1.54) is 26.4 Å². The predicted octanol–water partition coefficient (Wildman–Crippen LogP) is 8.64. The normalized spacial score (nSPS) is 11.8. The number of ether oxygens (including phenoxy) is 2. The summed E-state index contributed by atoms with van der Waals surface area (Å²) in [5.74, 6) is -0.619. The van der Waals surface area contributed by atoms with E-state index < -0.39 is 11.8 Å². The average molecular weight is 585 g/mol. The van der Waals surface area contributed by atoms with Crippen LogP contribution in [0, 0.1) is 5.82 Å².